The fourth-order valence-electron chi connectivity index (χ4n) is 2.22. The van der Waals surface area contributed by atoms with Crippen LogP contribution in [0.3, 0.4) is 0 Å². The molecule has 0 saturated carbocycles. The first-order valence-corrected chi connectivity index (χ1v) is 8.73. The Morgan fingerprint density at radius 3 is 2.95 bits per heavy atom. The monoisotopic (exact) mass is 346 g/mol. The molecule has 1 heterocycles. The highest BCUT2D eigenvalue weighted by Crippen LogP contribution is 2.23. The van der Waals surface area contributed by atoms with Gasteiger partial charge in [-0.1, -0.05) is 6.07 Å². The Morgan fingerprint density at radius 2 is 2.26 bits per heavy atom. The van der Waals surface area contributed by atoms with Gasteiger partial charge in [-0.3, -0.25) is 0 Å². The van der Waals surface area contributed by atoms with E-state index in [1.807, 2.05) is 13.0 Å². The number of sulfonamides is 1. The molecule has 0 bridgehead atoms. The molecule has 19 heavy (non-hydrogen) atoms. The molecule has 1 aromatic carbocycles. The minimum Gasteiger partial charge on any atom is -0.316 e. The summed E-state index contributed by atoms with van der Waals surface area (Å²) in [5.41, 5.74) is 0.933. The van der Waals surface area contributed by atoms with E-state index in [1.54, 1.807) is 12.1 Å². The van der Waals surface area contributed by atoms with Crippen molar-refractivity contribution in [2.75, 3.05) is 19.6 Å². The van der Waals surface area contributed by atoms with Crippen LogP contribution >= 0.6 is 15.9 Å². The predicted molar refractivity (Wildman–Crippen MR) is 79.7 cm³/mol. The molecule has 0 radical (unpaired) electrons. The van der Waals surface area contributed by atoms with Crippen molar-refractivity contribution in [2.24, 2.45) is 5.92 Å². The van der Waals surface area contributed by atoms with Crippen LogP contribution in [0.15, 0.2) is 27.6 Å². The molecule has 0 amide bonds. The van der Waals surface area contributed by atoms with Crippen LogP contribution < -0.4 is 10.0 Å². The Hall–Kier alpha value is -0.430. The lowest BCUT2D eigenvalue weighted by molar-refractivity contribution is 0.376. The normalized spacial score (nSPS) is 20.4. The van der Waals surface area contributed by atoms with E-state index in [1.165, 1.54) is 0 Å². The van der Waals surface area contributed by atoms with Crippen molar-refractivity contribution < 1.29 is 8.42 Å². The molecule has 0 aliphatic carbocycles. The second kappa shape index (κ2) is 6.35. The van der Waals surface area contributed by atoms with Gasteiger partial charge in [0.1, 0.15) is 0 Å². The van der Waals surface area contributed by atoms with Crippen LogP contribution in [0.5, 0.6) is 0 Å². The van der Waals surface area contributed by atoms with Gasteiger partial charge >= 0.3 is 0 Å². The average Bonchev–Trinajstić information content (AvgIpc) is 2.40. The molecular formula is C13H19BrN2O2S. The van der Waals surface area contributed by atoms with Crippen LogP contribution in [-0.4, -0.2) is 28.1 Å². The molecule has 1 unspecified atom stereocenters. The molecule has 2 N–H and O–H groups in total. The Bertz CT molecular complexity index is 540. The van der Waals surface area contributed by atoms with Crippen LogP contribution in [-0.2, 0) is 10.0 Å². The van der Waals surface area contributed by atoms with Gasteiger partial charge in [0.2, 0.25) is 10.0 Å². The zero-order chi connectivity index (χ0) is 13.9. The summed E-state index contributed by atoms with van der Waals surface area (Å²) in [4.78, 5) is 0.316. The van der Waals surface area contributed by atoms with E-state index >= 15 is 0 Å². The first-order valence-electron chi connectivity index (χ1n) is 6.45. The van der Waals surface area contributed by atoms with Crippen molar-refractivity contribution in [3.8, 4) is 0 Å². The molecule has 1 fully saturated rings. The third kappa shape index (κ3) is 4.02. The number of nitrogens with one attached hydrogen (secondary N) is 2. The number of piperidine rings is 1. The zero-order valence-electron chi connectivity index (χ0n) is 10.9. The molecule has 1 aliphatic heterocycles. The summed E-state index contributed by atoms with van der Waals surface area (Å²) >= 11 is 3.30. The van der Waals surface area contributed by atoms with Gasteiger partial charge in [-0.05, 0) is 72.4 Å². The van der Waals surface area contributed by atoms with Gasteiger partial charge in [0.25, 0.3) is 0 Å². The van der Waals surface area contributed by atoms with Crippen LogP contribution in [0.4, 0.5) is 0 Å². The number of rotatable bonds is 4. The lowest BCUT2D eigenvalue weighted by Gasteiger charge is -2.23. The molecule has 4 nitrogen and oxygen atoms in total. The van der Waals surface area contributed by atoms with Gasteiger partial charge < -0.3 is 5.32 Å². The summed E-state index contributed by atoms with van der Waals surface area (Å²) in [6, 6.07) is 5.34. The first kappa shape index (κ1) is 15.0. The predicted octanol–water partition coefficient (Wildman–Crippen LogP) is 2.04. The van der Waals surface area contributed by atoms with Gasteiger partial charge in [-0.2, -0.15) is 0 Å². The lowest BCUT2D eigenvalue weighted by Crippen LogP contribution is -2.38. The summed E-state index contributed by atoms with van der Waals surface area (Å²) in [5, 5.41) is 3.29. The number of benzene rings is 1. The largest absolute Gasteiger partial charge is 0.316 e. The maximum atomic E-state index is 12.3. The highest BCUT2D eigenvalue weighted by atomic mass is 79.9. The van der Waals surface area contributed by atoms with Crippen LogP contribution in [0, 0.1) is 12.8 Å². The minimum atomic E-state index is -3.44. The van der Waals surface area contributed by atoms with Crippen LogP contribution in [0.2, 0.25) is 0 Å². The van der Waals surface area contributed by atoms with Crippen molar-refractivity contribution in [3.63, 3.8) is 0 Å². The molecule has 0 aromatic heterocycles. The molecule has 1 atom stereocenters. The van der Waals surface area contributed by atoms with Crippen molar-refractivity contribution in [2.45, 2.75) is 24.7 Å². The van der Waals surface area contributed by atoms with E-state index < -0.39 is 10.0 Å². The maximum absolute atomic E-state index is 12.3. The molecular weight excluding hydrogens is 328 g/mol. The molecule has 1 aliphatic rings. The molecule has 2 rings (SSSR count). The SMILES string of the molecule is Cc1ccc(Br)c(S(=O)(=O)NCC2CCCNC2)c1. The van der Waals surface area contributed by atoms with Crippen molar-refractivity contribution in [3.05, 3.63) is 28.2 Å². The Morgan fingerprint density at radius 1 is 1.47 bits per heavy atom. The van der Waals surface area contributed by atoms with E-state index in [9.17, 15) is 8.42 Å². The van der Waals surface area contributed by atoms with Gasteiger partial charge in [0.15, 0.2) is 0 Å². The van der Waals surface area contributed by atoms with Crippen LogP contribution in [0.1, 0.15) is 18.4 Å². The number of hydrogen-bond donors (Lipinski definition) is 2. The summed E-state index contributed by atoms with van der Waals surface area (Å²) < 4.78 is 27.9. The molecule has 1 aromatic rings. The van der Waals surface area contributed by atoms with E-state index in [-0.39, 0.29) is 0 Å². The van der Waals surface area contributed by atoms with Crippen molar-refractivity contribution in [1.82, 2.24) is 10.0 Å². The zero-order valence-corrected chi connectivity index (χ0v) is 13.4. The lowest BCUT2D eigenvalue weighted by atomic mass is 10.0. The standard InChI is InChI=1S/C13H19BrN2O2S/c1-10-4-5-12(14)13(7-10)19(17,18)16-9-11-3-2-6-15-8-11/h4-5,7,11,15-16H,2-3,6,8-9H2,1H3. The van der Waals surface area contributed by atoms with E-state index in [0.29, 0.717) is 21.8 Å². The summed E-state index contributed by atoms with van der Waals surface area (Å²) in [6.45, 7) is 4.30. The van der Waals surface area contributed by atoms with Gasteiger partial charge in [-0.15, -0.1) is 0 Å². The van der Waals surface area contributed by atoms with Gasteiger partial charge in [-0.25, -0.2) is 13.1 Å². The van der Waals surface area contributed by atoms with Gasteiger partial charge in [0.05, 0.1) is 4.90 Å². The molecule has 0 spiro atoms. The second-order valence-electron chi connectivity index (χ2n) is 5.00. The number of hydrogen-bond acceptors (Lipinski definition) is 3. The Labute approximate surface area is 123 Å². The van der Waals surface area contributed by atoms with E-state index in [0.717, 1.165) is 31.5 Å². The Kier molecular flexibility index (Phi) is 5.00. The van der Waals surface area contributed by atoms with Gasteiger partial charge in [0, 0.05) is 11.0 Å². The summed E-state index contributed by atoms with van der Waals surface area (Å²) in [6.07, 6.45) is 2.19. The highest BCUT2D eigenvalue weighted by molar-refractivity contribution is 9.10. The van der Waals surface area contributed by atoms with Crippen molar-refractivity contribution >= 4 is 26.0 Å². The fraction of sp³-hybridized carbons (Fsp3) is 0.538. The van der Waals surface area contributed by atoms with E-state index in [2.05, 4.69) is 26.0 Å². The fourth-order valence-corrected chi connectivity index (χ4v) is 4.38. The molecule has 1 saturated heterocycles. The summed E-state index contributed by atoms with van der Waals surface area (Å²) in [5.74, 6) is 0.382. The topological polar surface area (TPSA) is 58.2 Å². The average molecular weight is 347 g/mol. The van der Waals surface area contributed by atoms with Crippen LogP contribution in [0.25, 0.3) is 0 Å². The smallest absolute Gasteiger partial charge is 0.241 e. The first-order chi connectivity index (χ1) is 8.99. The maximum Gasteiger partial charge on any atom is 0.241 e. The van der Waals surface area contributed by atoms with E-state index in [4.69, 9.17) is 0 Å². The number of halogens is 1. The minimum absolute atomic E-state index is 0.316. The highest BCUT2D eigenvalue weighted by Gasteiger charge is 2.20. The second-order valence-corrected chi connectivity index (χ2v) is 7.59. The quantitative estimate of drug-likeness (QED) is 0.876. The third-order valence-electron chi connectivity index (χ3n) is 3.34. The molecule has 6 heteroatoms. The molecule has 106 valence electrons. The Balaban J connectivity index is 2.07. The number of aryl methyl sites for hydroxylation is 1. The summed E-state index contributed by atoms with van der Waals surface area (Å²) in [7, 11) is -3.44. The third-order valence-corrected chi connectivity index (χ3v) is 5.75. The van der Waals surface area contributed by atoms with Crippen molar-refractivity contribution in [1.29, 1.82) is 0 Å².